The molecule has 5 heteroatoms. The van der Waals surface area contributed by atoms with E-state index in [1.165, 1.54) is 13.2 Å². The lowest BCUT2D eigenvalue weighted by atomic mass is 9.98. The highest BCUT2D eigenvalue weighted by Gasteiger charge is 2.20. The van der Waals surface area contributed by atoms with Gasteiger partial charge in [-0.2, -0.15) is 0 Å². The van der Waals surface area contributed by atoms with Crippen LogP contribution in [0.1, 0.15) is 23.2 Å². The van der Waals surface area contributed by atoms with Crippen LogP contribution in [0.15, 0.2) is 41.5 Å². The quantitative estimate of drug-likeness (QED) is 0.946. The van der Waals surface area contributed by atoms with Gasteiger partial charge in [0.05, 0.1) is 12.8 Å². The summed E-state index contributed by atoms with van der Waals surface area (Å²) in [5.74, 6) is 0.344. The van der Waals surface area contributed by atoms with Crippen molar-refractivity contribution in [3.8, 4) is 5.75 Å². The van der Waals surface area contributed by atoms with Gasteiger partial charge in [0.25, 0.3) is 0 Å². The monoisotopic (exact) mass is 297 g/mol. The van der Waals surface area contributed by atoms with Crippen molar-refractivity contribution in [2.24, 2.45) is 10.7 Å². The van der Waals surface area contributed by atoms with Gasteiger partial charge < -0.3 is 10.5 Å². The van der Waals surface area contributed by atoms with Crippen molar-refractivity contribution in [3.05, 3.63) is 59.2 Å². The smallest absolute Gasteiger partial charge is 0.165 e. The molecule has 0 fully saturated rings. The van der Waals surface area contributed by atoms with E-state index < -0.39 is 5.82 Å². The number of aliphatic imine (C=N–C) groups is 1. The van der Waals surface area contributed by atoms with Gasteiger partial charge in [0.15, 0.2) is 11.6 Å². The zero-order chi connectivity index (χ0) is 15.7. The number of pyridine rings is 1. The van der Waals surface area contributed by atoms with Crippen molar-refractivity contribution in [1.82, 2.24) is 4.98 Å². The van der Waals surface area contributed by atoms with Crippen LogP contribution in [-0.4, -0.2) is 17.9 Å². The lowest BCUT2D eigenvalue weighted by molar-refractivity contribution is 0.386. The van der Waals surface area contributed by atoms with E-state index in [9.17, 15) is 4.39 Å². The largest absolute Gasteiger partial charge is 0.494 e. The molecule has 112 valence electrons. The van der Waals surface area contributed by atoms with Gasteiger partial charge in [-0.05, 0) is 42.3 Å². The lowest BCUT2D eigenvalue weighted by Crippen LogP contribution is -2.07. The van der Waals surface area contributed by atoms with Gasteiger partial charge in [-0.15, -0.1) is 0 Å². The first-order valence-electron chi connectivity index (χ1n) is 6.91. The van der Waals surface area contributed by atoms with Crippen LogP contribution in [0, 0.1) is 12.7 Å². The normalized spacial score (nSPS) is 14.2. The fourth-order valence-electron chi connectivity index (χ4n) is 2.54. The third-order valence-corrected chi connectivity index (χ3v) is 3.57. The van der Waals surface area contributed by atoms with Gasteiger partial charge >= 0.3 is 0 Å². The van der Waals surface area contributed by atoms with E-state index in [4.69, 9.17) is 10.5 Å². The second-order valence-corrected chi connectivity index (χ2v) is 5.14. The SMILES string of the molecule is COc1ccc(C2=C(c3ccnc(C)c3)N=C(N)C2)cc1F. The molecule has 22 heavy (non-hydrogen) atoms. The topological polar surface area (TPSA) is 60.5 Å². The highest BCUT2D eigenvalue weighted by atomic mass is 19.1. The standard InChI is InChI=1S/C17H16FN3O/c1-10-7-12(5-6-20-10)17-13(9-16(19)21-17)11-3-4-15(22-2)14(18)8-11/h3-8H,9H2,1-2H3,(H2,19,21). The molecule has 0 saturated heterocycles. The molecule has 1 aliphatic heterocycles. The number of nitrogens with two attached hydrogens (primary N) is 1. The molecule has 0 amide bonds. The Balaban J connectivity index is 2.11. The molecule has 1 aliphatic rings. The van der Waals surface area contributed by atoms with Gasteiger partial charge in [-0.3, -0.25) is 4.98 Å². The van der Waals surface area contributed by atoms with E-state index in [1.807, 2.05) is 25.1 Å². The predicted molar refractivity (Wildman–Crippen MR) is 85.0 cm³/mol. The number of aromatic nitrogens is 1. The average molecular weight is 297 g/mol. The molecule has 1 aromatic carbocycles. The number of hydrogen-bond acceptors (Lipinski definition) is 4. The fourth-order valence-corrected chi connectivity index (χ4v) is 2.54. The molecule has 2 heterocycles. The summed E-state index contributed by atoms with van der Waals surface area (Å²) < 4.78 is 18.9. The number of hydrogen-bond donors (Lipinski definition) is 1. The third-order valence-electron chi connectivity index (χ3n) is 3.57. The first-order valence-corrected chi connectivity index (χ1v) is 6.91. The van der Waals surface area contributed by atoms with Gasteiger partial charge in [0.2, 0.25) is 0 Å². The van der Waals surface area contributed by atoms with E-state index in [1.54, 1.807) is 12.3 Å². The molecule has 0 aliphatic carbocycles. The van der Waals surface area contributed by atoms with Crippen LogP contribution < -0.4 is 10.5 Å². The van der Waals surface area contributed by atoms with Crippen LogP contribution in [-0.2, 0) is 0 Å². The minimum absolute atomic E-state index is 0.220. The van der Waals surface area contributed by atoms with Gasteiger partial charge in [0, 0.05) is 23.9 Å². The Kier molecular flexibility index (Phi) is 3.63. The van der Waals surface area contributed by atoms with E-state index in [0.717, 1.165) is 28.1 Å². The summed E-state index contributed by atoms with van der Waals surface area (Å²) >= 11 is 0. The number of aryl methyl sites for hydroxylation is 1. The van der Waals surface area contributed by atoms with E-state index in [2.05, 4.69) is 9.98 Å². The Morgan fingerprint density at radius 1 is 1.18 bits per heavy atom. The van der Waals surface area contributed by atoms with Crippen LogP contribution in [0.2, 0.25) is 0 Å². The average Bonchev–Trinajstić information content (AvgIpc) is 2.89. The number of halogens is 1. The third kappa shape index (κ3) is 2.57. The van der Waals surface area contributed by atoms with Crippen LogP contribution in [0.25, 0.3) is 11.3 Å². The summed E-state index contributed by atoms with van der Waals surface area (Å²) in [7, 11) is 1.44. The first kappa shape index (κ1) is 14.3. The van der Waals surface area contributed by atoms with Crippen molar-refractivity contribution in [2.45, 2.75) is 13.3 Å². The van der Waals surface area contributed by atoms with Crippen molar-refractivity contribution >= 4 is 17.1 Å². The Hall–Kier alpha value is -2.69. The fraction of sp³-hybridized carbons (Fsp3) is 0.176. The highest BCUT2D eigenvalue weighted by Crippen LogP contribution is 2.35. The number of nitrogens with zero attached hydrogens (tertiary/aromatic N) is 2. The van der Waals surface area contributed by atoms with Gasteiger partial charge in [-0.1, -0.05) is 6.07 Å². The number of amidine groups is 1. The van der Waals surface area contributed by atoms with Crippen LogP contribution in [0.4, 0.5) is 4.39 Å². The van der Waals surface area contributed by atoms with E-state index in [0.29, 0.717) is 12.3 Å². The summed E-state index contributed by atoms with van der Waals surface area (Å²) in [4.78, 5) is 8.61. The Morgan fingerprint density at radius 3 is 2.68 bits per heavy atom. The molecule has 2 N–H and O–H groups in total. The maximum absolute atomic E-state index is 14.0. The molecule has 2 aromatic rings. The lowest BCUT2D eigenvalue weighted by Gasteiger charge is -2.09. The van der Waals surface area contributed by atoms with Crippen molar-refractivity contribution in [3.63, 3.8) is 0 Å². The molecule has 0 bridgehead atoms. The van der Waals surface area contributed by atoms with Gasteiger partial charge in [0.1, 0.15) is 5.84 Å². The Labute approximate surface area is 128 Å². The molecule has 0 spiro atoms. The van der Waals surface area contributed by atoms with Crippen LogP contribution in [0.5, 0.6) is 5.75 Å². The first-order chi connectivity index (χ1) is 10.6. The van der Waals surface area contributed by atoms with E-state index in [-0.39, 0.29) is 5.75 Å². The Bertz CT molecular complexity index is 796. The van der Waals surface area contributed by atoms with Crippen molar-refractivity contribution < 1.29 is 9.13 Å². The molecule has 1 aromatic heterocycles. The molecule has 0 radical (unpaired) electrons. The molecular weight excluding hydrogens is 281 g/mol. The minimum atomic E-state index is -0.400. The molecule has 0 unspecified atom stereocenters. The maximum Gasteiger partial charge on any atom is 0.165 e. The van der Waals surface area contributed by atoms with Gasteiger partial charge in [-0.25, -0.2) is 9.38 Å². The molecule has 4 nitrogen and oxygen atoms in total. The van der Waals surface area contributed by atoms with Crippen molar-refractivity contribution in [1.29, 1.82) is 0 Å². The molecular formula is C17H16FN3O. The van der Waals surface area contributed by atoms with Crippen LogP contribution >= 0.6 is 0 Å². The summed E-state index contributed by atoms with van der Waals surface area (Å²) in [6.07, 6.45) is 2.23. The summed E-state index contributed by atoms with van der Waals surface area (Å²) in [6, 6.07) is 8.71. The number of ether oxygens (including phenoxy) is 1. The second kappa shape index (κ2) is 5.60. The summed E-state index contributed by atoms with van der Waals surface area (Å²) in [5, 5.41) is 0. The second-order valence-electron chi connectivity index (χ2n) is 5.14. The minimum Gasteiger partial charge on any atom is -0.494 e. The number of methoxy groups -OCH3 is 1. The Morgan fingerprint density at radius 2 is 2.00 bits per heavy atom. The highest BCUT2D eigenvalue weighted by molar-refractivity contribution is 6.08. The van der Waals surface area contributed by atoms with Crippen LogP contribution in [0.3, 0.4) is 0 Å². The maximum atomic E-state index is 14.0. The number of benzene rings is 1. The molecule has 3 rings (SSSR count). The summed E-state index contributed by atoms with van der Waals surface area (Å²) in [5.41, 5.74) is 10.2. The molecule has 0 atom stereocenters. The number of rotatable bonds is 3. The summed E-state index contributed by atoms with van der Waals surface area (Å²) in [6.45, 7) is 1.92. The zero-order valence-electron chi connectivity index (χ0n) is 12.4. The zero-order valence-corrected chi connectivity index (χ0v) is 12.4. The predicted octanol–water partition coefficient (Wildman–Crippen LogP) is 3.17. The van der Waals surface area contributed by atoms with E-state index >= 15 is 0 Å². The van der Waals surface area contributed by atoms with Crippen molar-refractivity contribution in [2.75, 3.05) is 7.11 Å². The molecule has 0 saturated carbocycles.